The monoisotopic (exact) mass is 350 g/mol. The second-order valence-electron chi connectivity index (χ2n) is 6.50. The summed E-state index contributed by atoms with van der Waals surface area (Å²) in [4.78, 5) is 8.79. The van der Waals surface area contributed by atoms with E-state index >= 15 is 0 Å². The average molecular weight is 350 g/mol. The summed E-state index contributed by atoms with van der Waals surface area (Å²) in [7, 11) is 0. The number of hydrogen-bond donors (Lipinski definition) is 0. The maximum absolute atomic E-state index is 8.07. The van der Waals surface area contributed by atoms with Gasteiger partial charge in [0.25, 0.3) is 0 Å². The molecule has 1 aromatic carbocycles. The van der Waals surface area contributed by atoms with E-state index in [4.69, 9.17) is 12.6 Å². The second-order valence-corrected chi connectivity index (χ2v) is 6.50. The molecule has 0 N–H and O–H groups in total. The predicted molar refractivity (Wildman–Crippen MR) is 108 cm³/mol. The smallest absolute Gasteiger partial charge is 0.227 e. The van der Waals surface area contributed by atoms with Gasteiger partial charge in [-0.3, -0.25) is 4.98 Å². The van der Waals surface area contributed by atoms with E-state index in [9.17, 15) is 0 Å². The van der Waals surface area contributed by atoms with Gasteiger partial charge in [-0.15, -0.1) is 0 Å². The van der Waals surface area contributed by atoms with Crippen molar-refractivity contribution in [1.82, 2.24) is 9.97 Å². The number of aromatic nitrogens is 2. The Morgan fingerprint density at radius 3 is 2.73 bits per heavy atom. The molecule has 3 heterocycles. The van der Waals surface area contributed by atoms with Gasteiger partial charge in [0.15, 0.2) is 0 Å². The highest BCUT2D eigenvalue weighted by molar-refractivity contribution is 6.08. The minimum absolute atomic E-state index is 0.0389. The Balaban J connectivity index is 1.93. The Morgan fingerprint density at radius 1 is 1.08 bits per heavy atom. The van der Waals surface area contributed by atoms with Gasteiger partial charge in [0, 0.05) is 36.5 Å². The summed E-state index contributed by atoms with van der Waals surface area (Å²) in [5.74, 6) is 0.122. The number of nitrogens with zero attached hydrogens (tertiary/aromatic N) is 2. The van der Waals surface area contributed by atoms with Crippen LogP contribution >= 0.6 is 0 Å². The Hall–Kier alpha value is -2.68. The van der Waals surface area contributed by atoms with Crippen molar-refractivity contribution in [3.63, 3.8) is 0 Å². The van der Waals surface area contributed by atoms with Crippen LogP contribution in [0.4, 0.5) is 0 Å². The highest BCUT2D eigenvalue weighted by Gasteiger charge is 2.16. The normalized spacial score (nSPS) is 16.1. The number of aryl methyl sites for hydroxylation is 2. The van der Waals surface area contributed by atoms with E-state index in [1.54, 1.807) is 18.3 Å². The highest BCUT2D eigenvalue weighted by atomic mass is 16.3. The number of pyridine rings is 2. The first-order chi connectivity index (χ1) is 15.0. The zero-order chi connectivity index (χ0) is 23.3. The number of rotatable bonds is 4. The molecule has 3 nitrogen and oxygen atoms in total. The summed E-state index contributed by atoms with van der Waals surface area (Å²) < 4.78 is 53.0. The Bertz CT molecular complexity index is 1290. The zero-order valence-corrected chi connectivity index (χ0v) is 14.8. The van der Waals surface area contributed by atoms with Crippen molar-refractivity contribution in [3.8, 4) is 11.3 Å². The molecule has 0 spiro atoms. The van der Waals surface area contributed by atoms with Gasteiger partial charge in [-0.1, -0.05) is 26.0 Å². The van der Waals surface area contributed by atoms with Crippen LogP contribution in [0.25, 0.3) is 33.3 Å². The molecular formula is C23H24N2O. The van der Waals surface area contributed by atoms with Gasteiger partial charge >= 0.3 is 0 Å². The molecule has 3 heteroatoms. The number of benzene rings is 1. The van der Waals surface area contributed by atoms with Crippen LogP contribution < -0.4 is 0 Å². The van der Waals surface area contributed by atoms with Gasteiger partial charge in [-0.05, 0) is 67.9 Å². The lowest BCUT2D eigenvalue weighted by molar-refractivity contribution is 0.635. The molecule has 4 rings (SSSR count). The second kappa shape index (κ2) is 6.56. The number of para-hydroxylation sites is 1. The maximum Gasteiger partial charge on any atom is 0.227 e. The van der Waals surface area contributed by atoms with E-state index in [1.807, 2.05) is 32.0 Å². The molecule has 0 aliphatic carbocycles. The number of furan rings is 1. The quantitative estimate of drug-likeness (QED) is 0.418. The minimum atomic E-state index is -2.34. The van der Waals surface area contributed by atoms with Gasteiger partial charge in [0.05, 0.1) is 5.69 Å². The molecule has 0 atom stereocenters. The van der Waals surface area contributed by atoms with E-state index in [-0.39, 0.29) is 17.3 Å². The third-order valence-electron chi connectivity index (χ3n) is 5.00. The van der Waals surface area contributed by atoms with Crippen LogP contribution in [0, 0.1) is 13.7 Å². The Kier molecular flexibility index (Phi) is 2.81. The molecule has 132 valence electrons. The third kappa shape index (κ3) is 2.68. The minimum Gasteiger partial charge on any atom is -0.437 e. The summed E-state index contributed by atoms with van der Waals surface area (Å²) in [5, 5.41) is 1.46. The first kappa shape index (κ1) is 11.1. The SMILES string of the molecule is [2H]C([2H])([2H])c1ccc2c(n1)oc1c(-c3cc(C([2H])([2H])[2H])c(C(CC)CC)cn3)cccc12. The lowest BCUT2D eigenvalue weighted by atomic mass is 9.91. The number of fused-ring (bicyclic) bond motifs is 3. The van der Waals surface area contributed by atoms with E-state index in [2.05, 4.69) is 9.97 Å². The van der Waals surface area contributed by atoms with Crippen molar-refractivity contribution in [2.24, 2.45) is 0 Å². The van der Waals surface area contributed by atoms with Crippen LogP contribution in [-0.2, 0) is 0 Å². The van der Waals surface area contributed by atoms with Crippen LogP contribution in [0.1, 0.15) is 57.7 Å². The third-order valence-corrected chi connectivity index (χ3v) is 5.00. The molecule has 26 heavy (non-hydrogen) atoms. The van der Waals surface area contributed by atoms with Gasteiger partial charge in [0.2, 0.25) is 5.71 Å². The summed E-state index contributed by atoms with van der Waals surface area (Å²) in [6, 6.07) is 10.3. The van der Waals surface area contributed by atoms with Gasteiger partial charge in [0.1, 0.15) is 5.58 Å². The molecule has 0 radical (unpaired) electrons. The molecule has 0 aliphatic rings. The van der Waals surface area contributed by atoms with Gasteiger partial charge in [-0.2, -0.15) is 0 Å². The molecule has 4 aromatic rings. The molecule has 3 aromatic heterocycles. The molecule has 0 saturated carbocycles. The zero-order valence-electron chi connectivity index (χ0n) is 20.8. The molecule has 0 saturated heterocycles. The summed E-state index contributed by atoms with van der Waals surface area (Å²) in [6.45, 7) is -0.521. The molecule has 0 aliphatic heterocycles. The lowest BCUT2D eigenvalue weighted by Crippen LogP contribution is -2.00. The first-order valence-corrected chi connectivity index (χ1v) is 8.88. The van der Waals surface area contributed by atoms with E-state index in [1.165, 1.54) is 6.07 Å². The largest absolute Gasteiger partial charge is 0.437 e. The molecule has 0 unspecified atom stereocenters. The van der Waals surface area contributed by atoms with Crippen LogP contribution in [0.15, 0.2) is 47.0 Å². The Labute approximate surface area is 162 Å². The van der Waals surface area contributed by atoms with E-state index < -0.39 is 13.7 Å². The van der Waals surface area contributed by atoms with Crippen molar-refractivity contribution in [2.75, 3.05) is 0 Å². The van der Waals surface area contributed by atoms with Crippen LogP contribution in [0.5, 0.6) is 0 Å². The fourth-order valence-electron chi connectivity index (χ4n) is 3.55. The van der Waals surface area contributed by atoms with E-state index in [0.717, 1.165) is 23.8 Å². The molecular weight excluding hydrogens is 320 g/mol. The summed E-state index contributed by atoms with van der Waals surface area (Å²) in [5.41, 5.74) is 2.86. The fourth-order valence-corrected chi connectivity index (χ4v) is 3.55. The van der Waals surface area contributed by atoms with Crippen LogP contribution in [-0.4, -0.2) is 9.97 Å². The Morgan fingerprint density at radius 2 is 1.96 bits per heavy atom. The topological polar surface area (TPSA) is 38.9 Å². The van der Waals surface area contributed by atoms with Crippen molar-refractivity contribution in [3.05, 3.63) is 59.4 Å². The van der Waals surface area contributed by atoms with Crippen LogP contribution in [0.3, 0.4) is 0 Å². The fraction of sp³-hybridized carbons (Fsp3) is 0.304. The molecule has 0 fully saturated rings. The van der Waals surface area contributed by atoms with Gasteiger partial charge < -0.3 is 4.42 Å². The van der Waals surface area contributed by atoms with Crippen LogP contribution in [0.2, 0.25) is 0 Å². The lowest BCUT2D eigenvalue weighted by Gasteiger charge is -2.16. The maximum atomic E-state index is 8.07. The predicted octanol–water partition coefficient (Wildman–Crippen LogP) is 6.56. The van der Waals surface area contributed by atoms with Crippen molar-refractivity contribution in [1.29, 1.82) is 0 Å². The highest BCUT2D eigenvalue weighted by Crippen LogP contribution is 2.35. The van der Waals surface area contributed by atoms with Gasteiger partial charge in [-0.25, -0.2) is 4.98 Å². The standard InChI is InChI=1S/C23H24N2O/c1-5-16(6-2)20-13-24-21(12-14(20)3)19-9-7-8-17-18-11-10-15(4)25-23(18)26-22(17)19/h7-13,16H,5-6H2,1-4H3/i3D3,4D3. The molecule has 0 bridgehead atoms. The summed E-state index contributed by atoms with van der Waals surface area (Å²) in [6.07, 6.45) is 3.33. The first-order valence-electron chi connectivity index (χ1n) is 11.9. The van der Waals surface area contributed by atoms with E-state index in [0.29, 0.717) is 27.8 Å². The average Bonchev–Trinajstić information content (AvgIpc) is 3.11. The summed E-state index contributed by atoms with van der Waals surface area (Å²) >= 11 is 0. The van der Waals surface area contributed by atoms with Crippen molar-refractivity contribution < 1.29 is 12.6 Å². The van der Waals surface area contributed by atoms with Crippen molar-refractivity contribution >= 4 is 22.1 Å². The number of hydrogen-bond acceptors (Lipinski definition) is 3. The molecule has 0 amide bonds. The van der Waals surface area contributed by atoms with Crippen molar-refractivity contribution in [2.45, 2.75) is 46.3 Å².